The van der Waals surface area contributed by atoms with Crippen LogP contribution in [0.3, 0.4) is 0 Å². The highest BCUT2D eigenvalue weighted by Gasteiger charge is 2.10. The molecule has 3 heteroatoms. The van der Waals surface area contributed by atoms with Crippen molar-refractivity contribution in [3.8, 4) is 5.75 Å². The molecule has 0 amide bonds. The van der Waals surface area contributed by atoms with Crippen molar-refractivity contribution < 1.29 is 4.74 Å². The highest BCUT2D eigenvalue weighted by molar-refractivity contribution is 5.63. The van der Waals surface area contributed by atoms with Crippen molar-refractivity contribution in [1.82, 2.24) is 0 Å². The van der Waals surface area contributed by atoms with Crippen LogP contribution in [-0.4, -0.2) is 27.2 Å². The van der Waals surface area contributed by atoms with Gasteiger partial charge >= 0.3 is 0 Å². The molecular formula is C12H20N2O. The van der Waals surface area contributed by atoms with Crippen molar-refractivity contribution in [2.24, 2.45) is 5.73 Å². The lowest BCUT2D eigenvalue weighted by Crippen LogP contribution is -2.25. The summed E-state index contributed by atoms with van der Waals surface area (Å²) >= 11 is 0. The predicted octanol–water partition coefficient (Wildman–Crippen LogP) is 1.71. The number of likely N-dealkylation sites (N-methyl/N-ethyl adjacent to an activating group) is 1. The largest absolute Gasteiger partial charge is 0.494 e. The van der Waals surface area contributed by atoms with E-state index >= 15 is 0 Å². The van der Waals surface area contributed by atoms with E-state index in [9.17, 15) is 0 Å². The van der Waals surface area contributed by atoms with Crippen LogP contribution in [0.25, 0.3) is 0 Å². The summed E-state index contributed by atoms with van der Waals surface area (Å²) in [6, 6.07) is 4.25. The van der Waals surface area contributed by atoms with Gasteiger partial charge in [0.05, 0.1) is 12.8 Å². The molecule has 0 aliphatic rings. The summed E-state index contributed by atoms with van der Waals surface area (Å²) < 4.78 is 5.42. The molecule has 84 valence electrons. The van der Waals surface area contributed by atoms with Gasteiger partial charge in [-0.2, -0.15) is 0 Å². The summed E-state index contributed by atoms with van der Waals surface area (Å²) in [5.41, 5.74) is 9.07. The summed E-state index contributed by atoms with van der Waals surface area (Å²) in [7, 11) is 3.74. The third kappa shape index (κ3) is 2.63. The van der Waals surface area contributed by atoms with Crippen LogP contribution < -0.4 is 15.4 Å². The Labute approximate surface area is 91.8 Å². The third-order valence-electron chi connectivity index (χ3n) is 2.48. The molecule has 0 saturated heterocycles. The fraction of sp³-hybridized carbons (Fsp3) is 0.500. The van der Waals surface area contributed by atoms with E-state index in [1.807, 2.05) is 7.05 Å². The van der Waals surface area contributed by atoms with E-state index in [0.29, 0.717) is 6.54 Å². The Bertz CT molecular complexity index is 337. The van der Waals surface area contributed by atoms with Crippen molar-refractivity contribution in [1.29, 1.82) is 0 Å². The number of hydrogen-bond donors (Lipinski definition) is 1. The van der Waals surface area contributed by atoms with Crippen LogP contribution in [0.1, 0.15) is 11.1 Å². The maximum atomic E-state index is 5.55. The Morgan fingerprint density at radius 2 is 2.00 bits per heavy atom. The zero-order valence-electron chi connectivity index (χ0n) is 10.0. The molecule has 0 atom stereocenters. The molecule has 0 aliphatic carbocycles. The minimum absolute atomic E-state index is 0.645. The van der Waals surface area contributed by atoms with Gasteiger partial charge in [0, 0.05) is 20.1 Å². The first-order valence-corrected chi connectivity index (χ1v) is 5.16. The quantitative estimate of drug-likeness (QED) is 0.818. The second kappa shape index (κ2) is 5.03. The molecule has 15 heavy (non-hydrogen) atoms. The van der Waals surface area contributed by atoms with Crippen LogP contribution in [0.5, 0.6) is 5.75 Å². The van der Waals surface area contributed by atoms with Crippen LogP contribution in [-0.2, 0) is 0 Å². The summed E-state index contributed by atoms with van der Waals surface area (Å²) in [6.45, 7) is 5.63. The Morgan fingerprint density at radius 3 is 2.53 bits per heavy atom. The van der Waals surface area contributed by atoms with Crippen LogP contribution >= 0.6 is 0 Å². The van der Waals surface area contributed by atoms with E-state index in [-0.39, 0.29) is 0 Å². The maximum absolute atomic E-state index is 5.55. The minimum atomic E-state index is 0.645. The molecule has 1 aromatic carbocycles. The monoisotopic (exact) mass is 208 g/mol. The van der Waals surface area contributed by atoms with Gasteiger partial charge in [-0.05, 0) is 31.0 Å². The highest BCUT2D eigenvalue weighted by atomic mass is 16.5. The first-order chi connectivity index (χ1) is 7.10. The second-order valence-corrected chi connectivity index (χ2v) is 3.84. The number of hydrogen-bond acceptors (Lipinski definition) is 3. The molecule has 1 aromatic rings. The molecule has 0 saturated carbocycles. The van der Waals surface area contributed by atoms with E-state index in [0.717, 1.165) is 23.5 Å². The van der Waals surface area contributed by atoms with Crippen LogP contribution in [0.2, 0.25) is 0 Å². The first-order valence-electron chi connectivity index (χ1n) is 5.16. The van der Waals surface area contributed by atoms with Crippen LogP contribution in [0.4, 0.5) is 5.69 Å². The Balaban J connectivity index is 3.13. The van der Waals surface area contributed by atoms with Gasteiger partial charge in [-0.15, -0.1) is 0 Å². The zero-order valence-corrected chi connectivity index (χ0v) is 10.0. The summed E-state index contributed by atoms with van der Waals surface area (Å²) in [6.07, 6.45) is 0. The SMILES string of the molecule is COc1c(C)cc(C)cc1N(C)CCN. The predicted molar refractivity (Wildman–Crippen MR) is 64.8 cm³/mol. The van der Waals surface area contributed by atoms with E-state index in [2.05, 4.69) is 30.9 Å². The van der Waals surface area contributed by atoms with Gasteiger partial charge in [-0.25, -0.2) is 0 Å². The molecule has 0 radical (unpaired) electrons. The number of benzene rings is 1. The number of nitrogens with zero attached hydrogens (tertiary/aromatic N) is 1. The molecule has 0 heterocycles. The van der Waals surface area contributed by atoms with Gasteiger partial charge in [0.1, 0.15) is 5.75 Å². The summed E-state index contributed by atoms with van der Waals surface area (Å²) in [5, 5.41) is 0. The topological polar surface area (TPSA) is 38.5 Å². The number of anilines is 1. The number of methoxy groups -OCH3 is 1. The van der Waals surface area contributed by atoms with Crippen molar-refractivity contribution in [2.75, 3.05) is 32.1 Å². The highest BCUT2D eigenvalue weighted by Crippen LogP contribution is 2.32. The average Bonchev–Trinajstić information content (AvgIpc) is 2.17. The van der Waals surface area contributed by atoms with Gasteiger partial charge in [-0.1, -0.05) is 6.07 Å². The summed E-state index contributed by atoms with van der Waals surface area (Å²) in [5.74, 6) is 0.941. The lowest BCUT2D eigenvalue weighted by molar-refractivity contribution is 0.411. The molecule has 3 nitrogen and oxygen atoms in total. The van der Waals surface area contributed by atoms with Gasteiger partial charge in [0.2, 0.25) is 0 Å². The van der Waals surface area contributed by atoms with E-state index in [4.69, 9.17) is 10.5 Å². The smallest absolute Gasteiger partial charge is 0.145 e. The summed E-state index contributed by atoms with van der Waals surface area (Å²) in [4.78, 5) is 2.12. The lowest BCUT2D eigenvalue weighted by atomic mass is 10.1. The molecule has 0 fully saturated rings. The van der Waals surface area contributed by atoms with Gasteiger partial charge in [0.15, 0.2) is 0 Å². The van der Waals surface area contributed by atoms with Crippen LogP contribution in [0, 0.1) is 13.8 Å². The molecule has 0 aromatic heterocycles. The molecule has 1 rings (SSSR count). The molecule has 0 bridgehead atoms. The molecule has 2 N–H and O–H groups in total. The second-order valence-electron chi connectivity index (χ2n) is 3.84. The molecule has 0 aliphatic heterocycles. The number of ether oxygens (including phenoxy) is 1. The van der Waals surface area contributed by atoms with Gasteiger partial charge in [-0.3, -0.25) is 0 Å². The van der Waals surface area contributed by atoms with Crippen LogP contribution in [0.15, 0.2) is 12.1 Å². The zero-order chi connectivity index (χ0) is 11.4. The Morgan fingerprint density at radius 1 is 1.33 bits per heavy atom. The Kier molecular flexibility index (Phi) is 3.97. The molecular weight excluding hydrogens is 188 g/mol. The molecule has 0 unspecified atom stereocenters. The normalized spacial score (nSPS) is 10.2. The first kappa shape index (κ1) is 11.9. The number of rotatable bonds is 4. The maximum Gasteiger partial charge on any atom is 0.145 e. The fourth-order valence-corrected chi connectivity index (χ4v) is 1.80. The van der Waals surface area contributed by atoms with E-state index in [1.165, 1.54) is 5.56 Å². The minimum Gasteiger partial charge on any atom is -0.494 e. The third-order valence-corrected chi connectivity index (χ3v) is 2.48. The number of aryl methyl sites for hydroxylation is 2. The fourth-order valence-electron chi connectivity index (χ4n) is 1.80. The van der Waals surface area contributed by atoms with Crippen molar-refractivity contribution in [3.05, 3.63) is 23.3 Å². The van der Waals surface area contributed by atoms with Crippen molar-refractivity contribution >= 4 is 5.69 Å². The van der Waals surface area contributed by atoms with Gasteiger partial charge < -0.3 is 15.4 Å². The van der Waals surface area contributed by atoms with Crippen molar-refractivity contribution in [2.45, 2.75) is 13.8 Å². The average molecular weight is 208 g/mol. The van der Waals surface area contributed by atoms with Gasteiger partial charge in [0.25, 0.3) is 0 Å². The number of nitrogens with two attached hydrogens (primary N) is 1. The van der Waals surface area contributed by atoms with E-state index in [1.54, 1.807) is 7.11 Å². The van der Waals surface area contributed by atoms with Crippen molar-refractivity contribution in [3.63, 3.8) is 0 Å². The lowest BCUT2D eigenvalue weighted by Gasteiger charge is -2.22. The molecule has 0 spiro atoms. The Hall–Kier alpha value is -1.22. The standard InChI is InChI=1S/C12H20N2O/c1-9-7-10(2)12(15-4)11(8-9)14(3)6-5-13/h7-8H,5-6,13H2,1-4H3. The van der Waals surface area contributed by atoms with E-state index < -0.39 is 0 Å².